The van der Waals surface area contributed by atoms with Gasteiger partial charge < -0.3 is 15.5 Å². The number of hydrogen-bond acceptors (Lipinski definition) is 4. The normalized spacial score (nSPS) is 20.1. The first kappa shape index (κ1) is 17.5. The second-order valence-electron chi connectivity index (χ2n) is 6.62. The molecular weight excluding hydrogens is 324 g/mol. The van der Waals surface area contributed by atoms with Crippen LogP contribution in [0.2, 0.25) is 5.02 Å². The Morgan fingerprint density at radius 2 is 1.96 bits per heavy atom. The van der Waals surface area contributed by atoms with Gasteiger partial charge in [-0.25, -0.2) is 0 Å². The van der Waals surface area contributed by atoms with Gasteiger partial charge >= 0.3 is 0 Å². The third-order valence-electron chi connectivity index (χ3n) is 4.98. The van der Waals surface area contributed by atoms with E-state index in [1.807, 2.05) is 18.2 Å². The predicted molar refractivity (Wildman–Crippen MR) is 98.7 cm³/mol. The highest BCUT2D eigenvalue weighted by atomic mass is 35.5. The van der Waals surface area contributed by atoms with Crippen LogP contribution in [0.4, 0.5) is 5.69 Å². The van der Waals surface area contributed by atoms with Gasteiger partial charge in [0.1, 0.15) is 0 Å². The molecule has 0 bridgehead atoms. The van der Waals surface area contributed by atoms with Crippen molar-refractivity contribution in [2.75, 3.05) is 57.3 Å². The van der Waals surface area contributed by atoms with Crippen molar-refractivity contribution >= 4 is 23.2 Å². The number of piperazine rings is 1. The van der Waals surface area contributed by atoms with Crippen LogP contribution in [0.3, 0.4) is 0 Å². The highest BCUT2D eigenvalue weighted by Crippen LogP contribution is 2.20. The molecule has 24 heavy (non-hydrogen) atoms. The van der Waals surface area contributed by atoms with Gasteiger partial charge in [-0.2, -0.15) is 0 Å². The minimum Gasteiger partial charge on any atom is -0.369 e. The molecule has 0 spiro atoms. The summed E-state index contributed by atoms with van der Waals surface area (Å²) in [6.07, 6.45) is 1.92. The van der Waals surface area contributed by atoms with Crippen molar-refractivity contribution in [3.63, 3.8) is 0 Å². The molecule has 0 unspecified atom stereocenters. The van der Waals surface area contributed by atoms with Gasteiger partial charge in [0.05, 0.1) is 0 Å². The van der Waals surface area contributed by atoms with Crippen LogP contribution in [0.1, 0.15) is 12.8 Å². The first-order valence-corrected chi connectivity index (χ1v) is 9.31. The largest absolute Gasteiger partial charge is 0.369 e. The quantitative estimate of drug-likeness (QED) is 0.846. The zero-order valence-electron chi connectivity index (χ0n) is 14.1. The molecule has 1 aromatic carbocycles. The van der Waals surface area contributed by atoms with E-state index in [9.17, 15) is 4.79 Å². The lowest BCUT2D eigenvalue weighted by atomic mass is 9.97. The summed E-state index contributed by atoms with van der Waals surface area (Å²) in [5, 5.41) is 7.20. The van der Waals surface area contributed by atoms with Crippen LogP contribution in [0.25, 0.3) is 0 Å². The molecule has 0 radical (unpaired) electrons. The zero-order valence-corrected chi connectivity index (χ0v) is 14.9. The van der Waals surface area contributed by atoms with Crippen LogP contribution >= 0.6 is 11.6 Å². The van der Waals surface area contributed by atoms with Gasteiger partial charge in [-0.15, -0.1) is 0 Å². The lowest BCUT2D eigenvalue weighted by molar-refractivity contribution is -0.125. The minimum absolute atomic E-state index is 0.200. The maximum absolute atomic E-state index is 12.1. The Labute approximate surface area is 149 Å². The zero-order chi connectivity index (χ0) is 16.8. The third-order valence-corrected chi connectivity index (χ3v) is 5.22. The fraction of sp³-hybridized carbons (Fsp3) is 0.611. The number of nitrogens with zero attached hydrogens (tertiary/aromatic N) is 2. The van der Waals surface area contributed by atoms with Crippen LogP contribution in [-0.2, 0) is 4.79 Å². The van der Waals surface area contributed by atoms with Crippen LogP contribution in [-0.4, -0.2) is 63.2 Å². The van der Waals surface area contributed by atoms with E-state index in [1.54, 1.807) is 0 Å². The molecule has 5 nitrogen and oxygen atoms in total. The first-order chi connectivity index (χ1) is 11.7. The van der Waals surface area contributed by atoms with Crippen LogP contribution < -0.4 is 15.5 Å². The molecular formula is C18H27ClN4O. The first-order valence-electron chi connectivity index (χ1n) is 8.94. The monoisotopic (exact) mass is 350 g/mol. The number of anilines is 1. The fourth-order valence-electron chi connectivity index (χ4n) is 3.47. The van der Waals surface area contributed by atoms with E-state index in [2.05, 4.69) is 26.5 Å². The van der Waals surface area contributed by atoms with Gasteiger partial charge in [0, 0.05) is 55.9 Å². The second-order valence-corrected chi connectivity index (χ2v) is 7.06. The molecule has 2 fully saturated rings. The summed E-state index contributed by atoms with van der Waals surface area (Å²) in [4.78, 5) is 16.9. The number of piperidine rings is 1. The van der Waals surface area contributed by atoms with Crippen LogP contribution in [0.15, 0.2) is 24.3 Å². The van der Waals surface area contributed by atoms with Crippen molar-refractivity contribution < 1.29 is 4.79 Å². The van der Waals surface area contributed by atoms with Crippen molar-refractivity contribution in [1.29, 1.82) is 0 Å². The molecule has 1 aromatic rings. The predicted octanol–water partition coefficient (Wildman–Crippen LogP) is 1.58. The number of benzene rings is 1. The summed E-state index contributed by atoms with van der Waals surface area (Å²) in [6.45, 7) is 7.66. The summed E-state index contributed by atoms with van der Waals surface area (Å²) >= 11 is 6.07. The highest BCUT2D eigenvalue weighted by molar-refractivity contribution is 6.30. The maximum atomic E-state index is 12.1. The van der Waals surface area contributed by atoms with Crippen molar-refractivity contribution in [2.45, 2.75) is 12.8 Å². The third kappa shape index (κ3) is 4.85. The molecule has 0 atom stereocenters. The Bertz CT molecular complexity index is 540. The summed E-state index contributed by atoms with van der Waals surface area (Å²) in [5.41, 5.74) is 1.20. The number of rotatable bonds is 5. The number of nitrogens with one attached hydrogen (secondary N) is 2. The van der Waals surface area contributed by atoms with E-state index in [1.165, 1.54) is 5.69 Å². The van der Waals surface area contributed by atoms with Gasteiger partial charge in [0.25, 0.3) is 0 Å². The van der Waals surface area contributed by atoms with E-state index in [4.69, 9.17) is 11.6 Å². The van der Waals surface area contributed by atoms with E-state index in [0.29, 0.717) is 0 Å². The molecule has 3 rings (SSSR count). The fourth-order valence-corrected chi connectivity index (χ4v) is 3.65. The average molecular weight is 351 g/mol. The van der Waals surface area contributed by atoms with E-state index >= 15 is 0 Å². The van der Waals surface area contributed by atoms with Gasteiger partial charge in [-0.1, -0.05) is 17.7 Å². The van der Waals surface area contributed by atoms with Crippen LogP contribution in [0, 0.1) is 5.92 Å². The molecule has 1 amide bonds. The van der Waals surface area contributed by atoms with E-state index in [-0.39, 0.29) is 11.8 Å². The standard InChI is InChI=1S/C18H27ClN4O/c19-16-2-1-3-17(14-16)23-12-10-22(11-13-23)9-8-21-18(24)15-4-6-20-7-5-15/h1-3,14-15,20H,4-13H2,(H,21,24). The lowest BCUT2D eigenvalue weighted by Gasteiger charge is -2.36. The summed E-state index contributed by atoms with van der Waals surface area (Å²) in [6, 6.07) is 8.05. The molecule has 2 saturated heterocycles. The molecule has 0 aromatic heterocycles. The molecule has 2 aliphatic heterocycles. The van der Waals surface area contributed by atoms with Crippen molar-refractivity contribution in [2.24, 2.45) is 5.92 Å². The Morgan fingerprint density at radius 3 is 2.67 bits per heavy atom. The Hall–Kier alpha value is -1.30. The Morgan fingerprint density at radius 1 is 1.21 bits per heavy atom. The van der Waals surface area contributed by atoms with Crippen molar-refractivity contribution in [1.82, 2.24) is 15.5 Å². The number of amides is 1. The molecule has 2 N–H and O–H groups in total. The maximum Gasteiger partial charge on any atom is 0.223 e. The van der Waals surface area contributed by atoms with Gasteiger partial charge in [-0.05, 0) is 44.1 Å². The minimum atomic E-state index is 0.200. The van der Waals surface area contributed by atoms with E-state index < -0.39 is 0 Å². The number of hydrogen-bond donors (Lipinski definition) is 2. The highest BCUT2D eigenvalue weighted by Gasteiger charge is 2.21. The number of carbonyl (C=O) groups excluding carboxylic acids is 1. The summed E-state index contributed by atoms with van der Waals surface area (Å²) < 4.78 is 0. The Kier molecular flexibility index (Phi) is 6.35. The van der Waals surface area contributed by atoms with Crippen molar-refractivity contribution in [3.8, 4) is 0 Å². The SMILES string of the molecule is O=C(NCCN1CCN(c2cccc(Cl)c2)CC1)C1CCNCC1. The molecule has 2 aliphatic rings. The summed E-state index contributed by atoms with van der Waals surface area (Å²) in [7, 11) is 0. The molecule has 2 heterocycles. The average Bonchev–Trinajstić information content (AvgIpc) is 2.63. The molecule has 6 heteroatoms. The summed E-state index contributed by atoms with van der Waals surface area (Å²) in [5.74, 6) is 0.431. The van der Waals surface area contributed by atoms with Crippen molar-refractivity contribution in [3.05, 3.63) is 29.3 Å². The molecule has 0 aliphatic carbocycles. The van der Waals surface area contributed by atoms with Gasteiger partial charge in [0.15, 0.2) is 0 Å². The second kappa shape index (κ2) is 8.70. The number of carbonyl (C=O) groups is 1. The smallest absolute Gasteiger partial charge is 0.223 e. The van der Waals surface area contributed by atoms with Gasteiger partial charge in [-0.3, -0.25) is 9.69 Å². The lowest BCUT2D eigenvalue weighted by Crippen LogP contribution is -2.49. The van der Waals surface area contributed by atoms with Gasteiger partial charge in [0.2, 0.25) is 5.91 Å². The molecule has 0 saturated carbocycles. The number of halogens is 1. The Balaban J connectivity index is 1.36. The molecule has 132 valence electrons. The topological polar surface area (TPSA) is 47.6 Å². The van der Waals surface area contributed by atoms with E-state index in [0.717, 1.165) is 70.2 Å². The van der Waals surface area contributed by atoms with Crippen LogP contribution in [0.5, 0.6) is 0 Å².